The van der Waals surface area contributed by atoms with Crippen molar-refractivity contribution in [1.29, 1.82) is 0 Å². The van der Waals surface area contributed by atoms with Crippen LogP contribution in [0.1, 0.15) is 22.3 Å². The van der Waals surface area contributed by atoms with Crippen LogP contribution in [0.5, 0.6) is 0 Å². The molecule has 23 heavy (non-hydrogen) atoms. The minimum absolute atomic E-state index is 0.420. The molecule has 110 valence electrons. The van der Waals surface area contributed by atoms with Crippen LogP contribution in [0, 0.1) is 33.9 Å². The predicted molar refractivity (Wildman–Crippen MR) is 89.3 cm³/mol. The van der Waals surface area contributed by atoms with Crippen molar-refractivity contribution in [3.05, 3.63) is 69.5 Å². The van der Waals surface area contributed by atoms with E-state index in [0.717, 1.165) is 17.4 Å². The van der Waals surface area contributed by atoms with Crippen LogP contribution in [0.25, 0.3) is 26.3 Å². The summed E-state index contributed by atoms with van der Waals surface area (Å²) < 4.78 is 4.36. The van der Waals surface area contributed by atoms with Gasteiger partial charge in [0.05, 0.1) is 18.5 Å². The fourth-order valence-corrected chi connectivity index (χ4v) is 3.51. The summed E-state index contributed by atoms with van der Waals surface area (Å²) in [6.45, 7) is 21.9. The molecule has 4 rings (SSSR count). The monoisotopic (exact) mass is 299 g/mol. The third-order valence-electron chi connectivity index (χ3n) is 4.89. The van der Waals surface area contributed by atoms with Crippen LogP contribution in [0.15, 0.2) is 24.4 Å². The van der Waals surface area contributed by atoms with Crippen molar-refractivity contribution < 1.29 is 4.68 Å². The molecule has 1 aliphatic heterocycles. The zero-order chi connectivity index (χ0) is 16.3. The summed E-state index contributed by atoms with van der Waals surface area (Å²) in [6, 6.07) is 5.92. The first-order chi connectivity index (χ1) is 11.0. The molecule has 2 heterocycles. The Labute approximate surface area is 134 Å². The van der Waals surface area contributed by atoms with Gasteiger partial charge in [-0.2, -0.15) is 0 Å². The third kappa shape index (κ3) is 1.67. The lowest BCUT2D eigenvalue weighted by molar-refractivity contribution is -0.749. The summed E-state index contributed by atoms with van der Waals surface area (Å²) in [6.07, 6.45) is 2.07. The molecule has 3 aromatic rings. The zero-order valence-electron chi connectivity index (χ0n) is 13.3. The Balaban J connectivity index is 2.11. The van der Waals surface area contributed by atoms with E-state index in [1.54, 1.807) is 0 Å². The van der Waals surface area contributed by atoms with Crippen LogP contribution in [-0.4, -0.2) is 4.68 Å². The van der Waals surface area contributed by atoms with Gasteiger partial charge in [0.1, 0.15) is 11.2 Å². The fraction of sp³-hybridized carbons (Fsp3) is 0.211. The van der Waals surface area contributed by atoms with E-state index in [1.807, 2.05) is 12.1 Å². The number of rotatable bonds is 0. The van der Waals surface area contributed by atoms with Gasteiger partial charge in [-0.3, -0.25) is 9.69 Å². The maximum Gasteiger partial charge on any atom is 0.202 e. The van der Waals surface area contributed by atoms with E-state index in [0.29, 0.717) is 11.4 Å². The highest BCUT2D eigenvalue weighted by molar-refractivity contribution is 5.91. The van der Waals surface area contributed by atoms with Gasteiger partial charge in [-0.25, -0.2) is 0 Å². The van der Waals surface area contributed by atoms with E-state index in [1.165, 1.54) is 27.9 Å². The van der Waals surface area contributed by atoms with E-state index in [2.05, 4.69) is 52.1 Å². The number of aromatic nitrogens is 2. The highest BCUT2D eigenvalue weighted by Crippen LogP contribution is 2.36. The second-order valence-corrected chi connectivity index (χ2v) is 6.11. The fourth-order valence-electron chi connectivity index (χ4n) is 3.51. The van der Waals surface area contributed by atoms with Gasteiger partial charge in [0.2, 0.25) is 6.20 Å². The first-order valence-electron chi connectivity index (χ1n) is 7.49. The summed E-state index contributed by atoms with van der Waals surface area (Å²) in [4.78, 5) is 7.00. The molecular weight excluding hydrogens is 284 g/mol. The number of nitrogens with zero attached hydrogens (tertiary/aromatic N) is 4. The lowest BCUT2D eigenvalue weighted by Gasteiger charge is -2.09. The van der Waals surface area contributed by atoms with E-state index < -0.39 is 0 Å². The first-order valence-corrected chi connectivity index (χ1v) is 7.49. The predicted octanol–water partition coefficient (Wildman–Crippen LogP) is 4.31. The molecule has 2 aromatic carbocycles. The molecule has 0 aliphatic carbocycles. The Morgan fingerprint density at radius 1 is 1.00 bits per heavy atom. The average Bonchev–Trinajstić information content (AvgIpc) is 3.06. The molecule has 0 bridgehead atoms. The van der Waals surface area contributed by atoms with Crippen LogP contribution in [-0.2, 0) is 6.54 Å². The van der Waals surface area contributed by atoms with Gasteiger partial charge in [0.15, 0.2) is 17.9 Å². The molecule has 0 fully saturated rings. The quantitative estimate of drug-likeness (QED) is 0.340. The van der Waals surface area contributed by atoms with Gasteiger partial charge in [0, 0.05) is 5.56 Å². The van der Waals surface area contributed by atoms with Gasteiger partial charge in [-0.15, -0.1) is 9.36 Å². The largest absolute Gasteiger partial charge is 0.250 e. The van der Waals surface area contributed by atoms with E-state index >= 15 is 0 Å². The normalized spacial score (nSPS) is 11.9. The standard InChI is InChI=1S/C19H15N4/c1-11-6-15-10-22-9-14-7-16(20-4)17(21-5)8-18(14)23(22)19(15)13(3)12(11)2/h6-9H,10H2,1-3H3/q+1. The molecule has 0 atom stereocenters. The second kappa shape index (κ2) is 4.44. The second-order valence-electron chi connectivity index (χ2n) is 6.11. The van der Waals surface area contributed by atoms with Crippen LogP contribution >= 0.6 is 0 Å². The highest BCUT2D eigenvalue weighted by atomic mass is 15.4. The summed E-state index contributed by atoms with van der Waals surface area (Å²) in [5.41, 5.74) is 8.27. The minimum atomic E-state index is 0.420. The van der Waals surface area contributed by atoms with Gasteiger partial charge < -0.3 is 0 Å². The molecule has 0 unspecified atom stereocenters. The number of benzene rings is 2. The number of hydrogen-bond acceptors (Lipinski definition) is 0. The molecule has 0 saturated heterocycles. The van der Waals surface area contributed by atoms with Crippen molar-refractivity contribution in [2.45, 2.75) is 27.3 Å². The lowest BCUT2D eigenvalue weighted by atomic mass is 9.98. The summed E-state index contributed by atoms with van der Waals surface area (Å²) in [5, 5.41) is 1.01. The van der Waals surface area contributed by atoms with Crippen molar-refractivity contribution in [1.82, 2.24) is 4.68 Å². The smallest absolute Gasteiger partial charge is 0.202 e. The van der Waals surface area contributed by atoms with Crippen LogP contribution in [0.3, 0.4) is 0 Å². The Kier molecular flexibility index (Phi) is 2.62. The molecule has 0 saturated carbocycles. The summed E-state index contributed by atoms with van der Waals surface area (Å²) in [7, 11) is 0. The van der Waals surface area contributed by atoms with Gasteiger partial charge >= 0.3 is 0 Å². The van der Waals surface area contributed by atoms with E-state index in [4.69, 9.17) is 13.1 Å². The summed E-state index contributed by atoms with van der Waals surface area (Å²) in [5.74, 6) is 0. The third-order valence-corrected chi connectivity index (χ3v) is 4.89. The lowest BCUT2D eigenvalue weighted by Crippen LogP contribution is -2.36. The molecule has 0 amide bonds. The maximum absolute atomic E-state index is 7.33. The van der Waals surface area contributed by atoms with Crippen LogP contribution < -0.4 is 4.68 Å². The Morgan fingerprint density at radius 2 is 1.70 bits per heavy atom. The van der Waals surface area contributed by atoms with Crippen molar-refractivity contribution in [3.63, 3.8) is 0 Å². The Hall–Kier alpha value is -3.11. The van der Waals surface area contributed by atoms with Gasteiger partial charge in [0.25, 0.3) is 0 Å². The molecule has 1 aliphatic rings. The molecule has 0 N–H and O–H groups in total. The molecule has 1 aromatic heterocycles. The molecule has 0 radical (unpaired) electrons. The number of hydrogen-bond donors (Lipinski definition) is 0. The Morgan fingerprint density at radius 3 is 2.39 bits per heavy atom. The minimum Gasteiger partial charge on any atom is -0.250 e. The zero-order valence-corrected chi connectivity index (χ0v) is 13.3. The van der Waals surface area contributed by atoms with Crippen molar-refractivity contribution in [2.75, 3.05) is 0 Å². The summed E-state index contributed by atoms with van der Waals surface area (Å²) >= 11 is 0. The molecule has 4 nitrogen and oxygen atoms in total. The van der Waals surface area contributed by atoms with E-state index in [9.17, 15) is 0 Å². The van der Waals surface area contributed by atoms with Gasteiger partial charge in [-0.05, 0) is 49.6 Å². The van der Waals surface area contributed by atoms with Crippen LogP contribution in [0.2, 0.25) is 0 Å². The van der Waals surface area contributed by atoms with Crippen molar-refractivity contribution in [3.8, 4) is 5.69 Å². The Bertz CT molecular complexity index is 1090. The van der Waals surface area contributed by atoms with Crippen LogP contribution in [0.4, 0.5) is 11.4 Å². The van der Waals surface area contributed by atoms with E-state index in [-0.39, 0.29) is 0 Å². The molecule has 4 heteroatoms. The topological polar surface area (TPSA) is 17.5 Å². The van der Waals surface area contributed by atoms with Crippen molar-refractivity contribution >= 4 is 22.3 Å². The van der Waals surface area contributed by atoms with Gasteiger partial charge in [-0.1, -0.05) is 6.07 Å². The number of fused-ring (bicyclic) bond motifs is 5. The SMILES string of the molecule is [C-]#[N+]c1cc2c[n+]3n(c2cc1[N+]#[C-])-c1c(cc(C)c(C)c1C)C3. The molecule has 0 spiro atoms. The highest BCUT2D eigenvalue weighted by Gasteiger charge is 2.31. The van der Waals surface area contributed by atoms with Crippen molar-refractivity contribution in [2.24, 2.45) is 0 Å². The maximum atomic E-state index is 7.33. The molecular formula is C19H15N4+. The average molecular weight is 299 g/mol. The number of aryl methyl sites for hydroxylation is 1. The first kappa shape index (κ1) is 13.5.